The number of hydrogen-bond donors (Lipinski definition) is 2. The van der Waals surface area contributed by atoms with Gasteiger partial charge in [0.05, 0.1) is 6.07 Å². The van der Waals surface area contributed by atoms with Crippen molar-refractivity contribution in [1.29, 1.82) is 5.26 Å². The van der Waals surface area contributed by atoms with Crippen molar-refractivity contribution in [3.8, 4) is 6.07 Å². The van der Waals surface area contributed by atoms with Crippen LogP contribution in [0.25, 0.3) is 0 Å². The molecular weight excluding hydrogens is 250 g/mol. The third-order valence-electron chi connectivity index (χ3n) is 2.80. The van der Waals surface area contributed by atoms with Gasteiger partial charge >= 0.3 is 5.69 Å². The van der Waals surface area contributed by atoms with Gasteiger partial charge in [-0.25, -0.2) is 9.89 Å². The summed E-state index contributed by atoms with van der Waals surface area (Å²) < 4.78 is 1.63. The highest BCUT2D eigenvalue weighted by Gasteiger charge is 2.21. The first kappa shape index (κ1) is 14.8. The molecule has 0 radical (unpaired) electrons. The van der Waals surface area contributed by atoms with E-state index < -0.39 is 5.54 Å². The molecule has 0 saturated carbocycles. The van der Waals surface area contributed by atoms with Crippen LogP contribution in [-0.4, -0.2) is 33.1 Å². The molecule has 0 aliphatic rings. The predicted octanol–water partition coefficient (Wildman–Crippen LogP) is 0.965. The summed E-state index contributed by atoms with van der Waals surface area (Å²) in [6.45, 7) is 4.54. The fourth-order valence-corrected chi connectivity index (χ4v) is 2.55. The molecule has 1 rings (SSSR count). The first-order chi connectivity index (χ1) is 8.56. The van der Waals surface area contributed by atoms with Crippen LogP contribution < -0.4 is 11.0 Å². The maximum absolute atomic E-state index is 11.5. The van der Waals surface area contributed by atoms with Crippen molar-refractivity contribution >= 4 is 11.8 Å². The Balaban J connectivity index is 2.60. The average molecular weight is 269 g/mol. The summed E-state index contributed by atoms with van der Waals surface area (Å²) in [4.78, 5) is 11.5. The van der Waals surface area contributed by atoms with Gasteiger partial charge in [-0.15, -0.1) is 5.10 Å². The second-order valence-electron chi connectivity index (χ2n) is 4.26. The van der Waals surface area contributed by atoms with Crippen LogP contribution in [0, 0.1) is 11.3 Å². The first-order valence-corrected chi connectivity index (χ1v) is 6.93. The van der Waals surface area contributed by atoms with E-state index in [0.29, 0.717) is 18.1 Å². The molecule has 0 spiro atoms. The van der Waals surface area contributed by atoms with Crippen LogP contribution in [0.3, 0.4) is 0 Å². The van der Waals surface area contributed by atoms with Crippen molar-refractivity contribution < 1.29 is 0 Å². The summed E-state index contributed by atoms with van der Waals surface area (Å²) in [5, 5.41) is 19.2. The van der Waals surface area contributed by atoms with Gasteiger partial charge < -0.3 is 5.32 Å². The number of nitrogens with one attached hydrogen (secondary N) is 2. The van der Waals surface area contributed by atoms with Crippen molar-refractivity contribution in [3.63, 3.8) is 0 Å². The lowest BCUT2D eigenvalue weighted by Crippen LogP contribution is -2.38. The average Bonchev–Trinajstić information content (AvgIpc) is 2.72. The monoisotopic (exact) mass is 269 g/mol. The fraction of sp³-hybridized carbons (Fsp3) is 0.727. The Hall–Kier alpha value is -1.26. The molecule has 0 aliphatic carbocycles. The third kappa shape index (κ3) is 3.62. The molecule has 18 heavy (non-hydrogen) atoms. The summed E-state index contributed by atoms with van der Waals surface area (Å²) in [6.07, 6.45) is 1.58. The minimum Gasteiger partial charge on any atom is -0.303 e. The van der Waals surface area contributed by atoms with Crippen LogP contribution in [0.1, 0.15) is 26.7 Å². The van der Waals surface area contributed by atoms with Gasteiger partial charge in [-0.3, -0.25) is 4.57 Å². The molecule has 7 heteroatoms. The molecule has 1 heterocycles. The summed E-state index contributed by atoms with van der Waals surface area (Å²) in [7, 11) is 1.77. The van der Waals surface area contributed by atoms with Gasteiger partial charge in [-0.1, -0.05) is 18.7 Å². The predicted molar refractivity (Wildman–Crippen MR) is 71.6 cm³/mol. The molecule has 0 bridgehead atoms. The molecule has 100 valence electrons. The topological polar surface area (TPSA) is 86.5 Å². The molecule has 1 unspecified atom stereocenters. The first-order valence-electron chi connectivity index (χ1n) is 5.94. The maximum Gasteiger partial charge on any atom is 0.343 e. The summed E-state index contributed by atoms with van der Waals surface area (Å²) in [5.74, 6) is 0.735. The van der Waals surface area contributed by atoms with Gasteiger partial charge in [0.15, 0.2) is 5.16 Å². The number of thioether (sulfide) groups is 1. The van der Waals surface area contributed by atoms with Gasteiger partial charge in [0.1, 0.15) is 5.54 Å². The van der Waals surface area contributed by atoms with Crippen molar-refractivity contribution in [2.75, 3.05) is 12.8 Å². The Bertz CT molecular complexity index is 475. The van der Waals surface area contributed by atoms with E-state index in [4.69, 9.17) is 5.26 Å². The molecule has 6 nitrogen and oxygen atoms in total. The van der Waals surface area contributed by atoms with Gasteiger partial charge in [0.25, 0.3) is 0 Å². The van der Waals surface area contributed by atoms with E-state index in [0.717, 1.165) is 12.2 Å². The van der Waals surface area contributed by atoms with Crippen molar-refractivity contribution in [2.45, 2.75) is 43.9 Å². The normalized spacial score (nSPS) is 14.1. The third-order valence-corrected chi connectivity index (χ3v) is 3.78. The highest BCUT2D eigenvalue weighted by atomic mass is 32.2. The zero-order valence-electron chi connectivity index (χ0n) is 11.0. The lowest BCUT2D eigenvalue weighted by Gasteiger charge is -2.19. The Labute approximate surface area is 111 Å². The Morgan fingerprint density at radius 2 is 2.39 bits per heavy atom. The number of H-pyrrole nitrogens is 1. The van der Waals surface area contributed by atoms with Crippen molar-refractivity contribution in [1.82, 2.24) is 20.1 Å². The van der Waals surface area contributed by atoms with Crippen LogP contribution in [-0.2, 0) is 6.54 Å². The van der Waals surface area contributed by atoms with E-state index in [1.807, 2.05) is 13.8 Å². The smallest absolute Gasteiger partial charge is 0.303 e. The molecule has 1 aromatic rings. The molecule has 0 aromatic carbocycles. The second kappa shape index (κ2) is 6.61. The highest BCUT2D eigenvalue weighted by Crippen LogP contribution is 2.18. The van der Waals surface area contributed by atoms with Crippen LogP contribution in [0.15, 0.2) is 9.95 Å². The van der Waals surface area contributed by atoms with Gasteiger partial charge in [0, 0.05) is 12.3 Å². The van der Waals surface area contributed by atoms with E-state index in [-0.39, 0.29) is 5.69 Å². The van der Waals surface area contributed by atoms with Crippen LogP contribution in [0.4, 0.5) is 0 Å². The molecule has 1 atom stereocenters. The second-order valence-corrected chi connectivity index (χ2v) is 5.32. The number of nitriles is 1. The van der Waals surface area contributed by atoms with E-state index >= 15 is 0 Å². The van der Waals surface area contributed by atoms with Gasteiger partial charge in [0.2, 0.25) is 0 Å². The zero-order valence-corrected chi connectivity index (χ0v) is 11.8. The Kier molecular flexibility index (Phi) is 5.44. The molecule has 0 aliphatic heterocycles. The van der Waals surface area contributed by atoms with Crippen molar-refractivity contribution in [3.05, 3.63) is 10.5 Å². The van der Waals surface area contributed by atoms with E-state index in [2.05, 4.69) is 21.6 Å². The standard InChI is InChI=1S/C11H19N5OS/c1-4-6-16-9(17)14-15-10(16)18-7-5-11(2,8-12)13-3/h13H,4-7H2,1-3H3,(H,14,17). The lowest BCUT2D eigenvalue weighted by molar-refractivity contribution is 0.479. The number of rotatable bonds is 7. The van der Waals surface area contributed by atoms with E-state index in [1.165, 1.54) is 11.8 Å². The van der Waals surface area contributed by atoms with Gasteiger partial charge in [-0.2, -0.15) is 5.26 Å². The SMILES string of the molecule is CCCn1c(SCCC(C)(C#N)NC)n[nH]c1=O. The number of aromatic amines is 1. The highest BCUT2D eigenvalue weighted by molar-refractivity contribution is 7.99. The number of aromatic nitrogens is 3. The fourth-order valence-electron chi connectivity index (χ4n) is 1.42. The molecule has 1 aromatic heterocycles. The molecular formula is C11H19N5OS. The molecule has 0 amide bonds. The number of nitrogens with zero attached hydrogens (tertiary/aromatic N) is 3. The lowest BCUT2D eigenvalue weighted by atomic mass is 10.0. The molecule has 0 fully saturated rings. The van der Waals surface area contributed by atoms with Crippen LogP contribution >= 0.6 is 11.8 Å². The molecule has 0 saturated heterocycles. The zero-order chi connectivity index (χ0) is 13.6. The molecule has 2 N–H and O–H groups in total. The number of hydrogen-bond acceptors (Lipinski definition) is 5. The van der Waals surface area contributed by atoms with Crippen molar-refractivity contribution in [2.24, 2.45) is 0 Å². The van der Waals surface area contributed by atoms with E-state index in [1.54, 1.807) is 11.6 Å². The summed E-state index contributed by atoms with van der Waals surface area (Å²) in [6, 6.07) is 2.24. The summed E-state index contributed by atoms with van der Waals surface area (Å²) in [5.41, 5.74) is -0.699. The Morgan fingerprint density at radius 1 is 1.67 bits per heavy atom. The van der Waals surface area contributed by atoms with E-state index in [9.17, 15) is 4.79 Å². The van der Waals surface area contributed by atoms with Gasteiger partial charge in [-0.05, 0) is 26.8 Å². The quantitative estimate of drug-likeness (QED) is 0.720. The minimum absolute atomic E-state index is 0.170. The van der Waals surface area contributed by atoms with Crippen LogP contribution in [0.2, 0.25) is 0 Å². The summed E-state index contributed by atoms with van der Waals surface area (Å²) >= 11 is 1.49. The minimum atomic E-state index is -0.529. The largest absolute Gasteiger partial charge is 0.343 e. The maximum atomic E-state index is 11.5. The van der Waals surface area contributed by atoms with Crippen LogP contribution in [0.5, 0.6) is 0 Å². The Morgan fingerprint density at radius 3 is 2.94 bits per heavy atom.